The Morgan fingerprint density at radius 1 is 1.33 bits per heavy atom. The lowest BCUT2D eigenvalue weighted by molar-refractivity contribution is 0.132. The molecule has 2 rings (SSSR count). The lowest BCUT2D eigenvalue weighted by Crippen LogP contribution is -2.25. The monoisotopic (exact) mass is 291 g/mol. The van der Waals surface area contributed by atoms with Crippen molar-refractivity contribution in [2.24, 2.45) is 5.41 Å². The zero-order chi connectivity index (χ0) is 15.5. The second-order valence-electron chi connectivity index (χ2n) is 6.46. The van der Waals surface area contributed by atoms with Crippen LogP contribution in [-0.4, -0.2) is 38.7 Å². The van der Waals surface area contributed by atoms with E-state index in [2.05, 4.69) is 41.4 Å². The van der Waals surface area contributed by atoms with Crippen molar-refractivity contribution in [2.45, 2.75) is 40.2 Å². The van der Waals surface area contributed by atoms with Gasteiger partial charge < -0.3 is 20.1 Å². The first-order valence-corrected chi connectivity index (χ1v) is 7.38. The topological polar surface area (TPSA) is 74.5 Å². The van der Waals surface area contributed by atoms with Crippen LogP contribution in [0.2, 0.25) is 0 Å². The normalized spacial score (nSPS) is 13.4. The number of imidazole rings is 1. The van der Waals surface area contributed by atoms with Crippen molar-refractivity contribution in [3.8, 4) is 0 Å². The summed E-state index contributed by atoms with van der Waals surface area (Å²) in [6, 6.07) is 0. The summed E-state index contributed by atoms with van der Waals surface area (Å²) in [6.45, 7) is 9.65. The fourth-order valence-corrected chi connectivity index (χ4v) is 2.31. The van der Waals surface area contributed by atoms with Gasteiger partial charge in [0.25, 0.3) is 0 Å². The van der Waals surface area contributed by atoms with Crippen LogP contribution in [0.5, 0.6) is 0 Å². The third-order valence-electron chi connectivity index (χ3n) is 3.09. The van der Waals surface area contributed by atoms with E-state index in [4.69, 9.17) is 0 Å². The molecule has 116 valence electrons. The fourth-order valence-electron chi connectivity index (χ4n) is 2.31. The van der Waals surface area contributed by atoms with Gasteiger partial charge >= 0.3 is 0 Å². The molecular weight excluding hydrogens is 266 g/mol. The number of anilines is 2. The molecule has 3 N–H and O–H groups in total. The van der Waals surface area contributed by atoms with Crippen molar-refractivity contribution < 1.29 is 5.11 Å². The number of nitrogens with one attached hydrogen (secondary N) is 2. The summed E-state index contributed by atoms with van der Waals surface area (Å²) < 4.78 is 1.92. The molecule has 2 heterocycles. The van der Waals surface area contributed by atoms with Crippen LogP contribution >= 0.6 is 0 Å². The van der Waals surface area contributed by atoms with E-state index in [-0.39, 0.29) is 5.41 Å². The summed E-state index contributed by atoms with van der Waals surface area (Å²) in [6.07, 6.45) is 5.85. The lowest BCUT2D eigenvalue weighted by Gasteiger charge is -2.22. The van der Waals surface area contributed by atoms with Crippen LogP contribution in [0.3, 0.4) is 0 Å². The molecule has 21 heavy (non-hydrogen) atoms. The molecular formula is C15H25N5O. The van der Waals surface area contributed by atoms with Gasteiger partial charge in [-0.3, -0.25) is 0 Å². The van der Waals surface area contributed by atoms with Gasteiger partial charge in [0, 0.05) is 25.5 Å². The maximum Gasteiger partial charge on any atom is 0.180 e. The number of aliphatic hydroxyl groups is 1. The van der Waals surface area contributed by atoms with Gasteiger partial charge in [-0.1, -0.05) is 20.8 Å². The summed E-state index contributed by atoms with van der Waals surface area (Å²) in [5, 5.41) is 16.5. The van der Waals surface area contributed by atoms with Crippen molar-refractivity contribution in [3.63, 3.8) is 0 Å². The molecule has 0 bridgehead atoms. The Hall–Kier alpha value is -1.82. The number of hydrogen-bond acceptors (Lipinski definition) is 5. The van der Waals surface area contributed by atoms with E-state index >= 15 is 0 Å². The van der Waals surface area contributed by atoms with E-state index in [1.807, 2.05) is 23.7 Å². The van der Waals surface area contributed by atoms with Gasteiger partial charge in [0.05, 0.1) is 12.3 Å². The largest absolute Gasteiger partial charge is 0.391 e. The first-order valence-electron chi connectivity index (χ1n) is 7.38. The third-order valence-corrected chi connectivity index (χ3v) is 3.09. The van der Waals surface area contributed by atoms with Gasteiger partial charge in [-0.05, 0) is 18.8 Å². The molecule has 1 atom stereocenters. The van der Waals surface area contributed by atoms with Gasteiger partial charge in [-0.25, -0.2) is 9.97 Å². The van der Waals surface area contributed by atoms with Crippen LogP contribution in [0, 0.1) is 5.41 Å². The van der Waals surface area contributed by atoms with Crippen LogP contribution in [0.4, 0.5) is 11.6 Å². The second-order valence-corrected chi connectivity index (χ2v) is 6.46. The van der Waals surface area contributed by atoms with Crippen molar-refractivity contribution in [1.82, 2.24) is 14.4 Å². The standard InChI is InChI=1S/C15H25N5O/c1-5-16-12-10-20-7-6-17-14(20)13(19-12)18-9-11(21)8-15(2,3)4/h6-7,10-11,16,21H,5,8-9H2,1-4H3,(H,18,19). The Labute approximate surface area is 125 Å². The molecule has 0 fully saturated rings. The highest BCUT2D eigenvalue weighted by molar-refractivity contribution is 5.65. The predicted octanol–water partition coefficient (Wildman–Crippen LogP) is 2.37. The smallest absolute Gasteiger partial charge is 0.180 e. The van der Waals surface area contributed by atoms with Crippen molar-refractivity contribution in [3.05, 3.63) is 18.6 Å². The summed E-state index contributed by atoms with van der Waals surface area (Å²) in [5.41, 5.74) is 0.863. The molecule has 0 spiro atoms. The molecule has 2 aromatic heterocycles. The van der Waals surface area contributed by atoms with Crippen LogP contribution < -0.4 is 10.6 Å². The van der Waals surface area contributed by atoms with Gasteiger partial charge in [0.2, 0.25) is 0 Å². The zero-order valence-corrected chi connectivity index (χ0v) is 13.2. The minimum Gasteiger partial charge on any atom is -0.391 e. The van der Waals surface area contributed by atoms with E-state index in [0.717, 1.165) is 24.4 Å². The number of hydrogen-bond donors (Lipinski definition) is 3. The minimum atomic E-state index is -0.412. The predicted molar refractivity (Wildman–Crippen MR) is 85.7 cm³/mol. The van der Waals surface area contributed by atoms with Gasteiger partial charge in [-0.2, -0.15) is 0 Å². The van der Waals surface area contributed by atoms with E-state index < -0.39 is 6.10 Å². The molecule has 0 aliphatic carbocycles. The Balaban J connectivity index is 2.11. The van der Waals surface area contributed by atoms with Crippen molar-refractivity contribution in [2.75, 3.05) is 23.7 Å². The molecule has 0 saturated carbocycles. The van der Waals surface area contributed by atoms with E-state index in [1.165, 1.54) is 0 Å². The van der Waals surface area contributed by atoms with E-state index in [0.29, 0.717) is 12.4 Å². The summed E-state index contributed by atoms with van der Waals surface area (Å²) >= 11 is 0. The third kappa shape index (κ3) is 4.32. The second kappa shape index (κ2) is 6.30. The lowest BCUT2D eigenvalue weighted by atomic mass is 9.89. The summed E-state index contributed by atoms with van der Waals surface area (Å²) in [5.74, 6) is 1.47. The highest BCUT2D eigenvalue weighted by atomic mass is 16.3. The van der Waals surface area contributed by atoms with Crippen LogP contribution in [0.15, 0.2) is 18.6 Å². The van der Waals surface area contributed by atoms with E-state index in [1.54, 1.807) is 6.20 Å². The van der Waals surface area contributed by atoms with Gasteiger partial charge in [-0.15, -0.1) is 0 Å². The maximum absolute atomic E-state index is 10.1. The number of aliphatic hydroxyl groups excluding tert-OH is 1. The van der Waals surface area contributed by atoms with E-state index in [9.17, 15) is 5.11 Å². The highest BCUT2D eigenvalue weighted by Gasteiger charge is 2.17. The molecule has 0 amide bonds. The average molecular weight is 291 g/mol. The highest BCUT2D eigenvalue weighted by Crippen LogP contribution is 2.21. The zero-order valence-electron chi connectivity index (χ0n) is 13.2. The minimum absolute atomic E-state index is 0.1000. The van der Waals surface area contributed by atoms with Crippen LogP contribution in [0.25, 0.3) is 5.65 Å². The number of rotatable bonds is 6. The molecule has 2 aromatic rings. The van der Waals surface area contributed by atoms with Crippen molar-refractivity contribution >= 4 is 17.3 Å². The fraction of sp³-hybridized carbons (Fsp3) is 0.600. The van der Waals surface area contributed by atoms with Gasteiger partial charge in [0.15, 0.2) is 11.5 Å². The summed E-state index contributed by atoms with van der Waals surface area (Å²) in [7, 11) is 0. The molecule has 6 nitrogen and oxygen atoms in total. The first kappa shape index (κ1) is 15.6. The van der Waals surface area contributed by atoms with Crippen LogP contribution in [-0.2, 0) is 0 Å². The molecule has 0 aromatic carbocycles. The molecule has 0 saturated heterocycles. The Morgan fingerprint density at radius 2 is 2.10 bits per heavy atom. The maximum atomic E-state index is 10.1. The summed E-state index contributed by atoms with van der Waals surface area (Å²) in [4.78, 5) is 8.82. The van der Waals surface area contributed by atoms with Crippen molar-refractivity contribution in [1.29, 1.82) is 0 Å². The van der Waals surface area contributed by atoms with Gasteiger partial charge in [0.1, 0.15) is 5.82 Å². The Kier molecular flexibility index (Phi) is 4.67. The molecule has 6 heteroatoms. The first-order chi connectivity index (χ1) is 9.89. The molecule has 1 unspecified atom stereocenters. The Morgan fingerprint density at radius 3 is 2.76 bits per heavy atom. The number of aromatic nitrogens is 3. The average Bonchev–Trinajstić information content (AvgIpc) is 2.82. The quantitative estimate of drug-likeness (QED) is 0.762. The molecule has 0 aliphatic rings. The SMILES string of the molecule is CCNc1cn2ccnc2c(NCC(O)CC(C)(C)C)n1. The molecule has 0 aliphatic heterocycles. The van der Waals surface area contributed by atoms with Crippen LogP contribution in [0.1, 0.15) is 34.1 Å². The Bertz CT molecular complexity index is 587. The molecule has 0 radical (unpaired) electrons. The number of nitrogens with zero attached hydrogens (tertiary/aromatic N) is 3. The number of fused-ring (bicyclic) bond motifs is 1.